The van der Waals surface area contributed by atoms with Gasteiger partial charge >= 0.3 is 0 Å². The Labute approximate surface area is 85.1 Å². The van der Waals surface area contributed by atoms with E-state index >= 15 is 0 Å². The van der Waals surface area contributed by atoms with E-state index in [9.17, 15) is 8.42 Å². The minimum atomic E-state index is -3.08. The van der Waals surface area contributed by atoms with Gasteiger partial charge in [0.2, 0.25) is 10.0 Å². The highest BCUT2D eigenvalue weighted by Gasteiger charge is 2.35. The Bertz CT molecular complexity index is 274. The lowest BCUT2D eigenvalue weighted by Gasteiger charge is -2.19. The fraction of sp³-hybridized carbons (Fsp3) is 1.00. The molecule has 78 valence electrons. The van der Waals surface area contributed by atoms with Gasteiger partial charge in [0, 0.05) is 19.0 Å². The van der Waals surface area contributed by atoms with Crippen LogP contribution in [0.15, 0.2) is 0 Å². The standard InChI is InChI=1S/C8H16ClNO2S/c1-8(2)3-5-10(7-8)13(11,12)6-4-9/h3-7H2,1-2H3. The van der Waals surface area contributed by atoms with Crippen LogP contribution in [-0.2, 0) is 10.0 Å². The van der Waals surface area contributed by atoms with Gasteiger partial charge in [0.15, 0.2) is 0 Å². The van der Waals surface area contributed by atoms with Crippen molar-refractivity contribution in [3.8, 4) is 0 Å². The molecule has 0 N–H and O–H groups in total. The number of hydrogen-bond donors (Lipinski definition) is 0. The lowest BCUT2D eigenvalue weighted by molar-refractivity contribution is 0.376. The predicted molar refractivity (Wildman–Crippen MR) is 54.5 cm³/mol. The zero-order valence-electron chi connectivity index (χ0n) is 8.09. The topological polar surface area (TPSA) is 37.4 Å². The Morgan fingerprint density at radius 3 is 2.46 bits per heavy atom. The fourth-order valence-electron chi connectivity index (χ4n) is 1.53. The molecule has 13 heavy (non-hydrogen) atoms. The molecule has 1 aliphatic heterocycles. The zero-order chi connectivity index (χ0) is 10.1. The lowest BCUT2D eigenvalue weighted by Crippen LogP contribution is -2.32. The van der Waals surface area contributed by atoms with Gasteiger partial charge in [0.25, 0.3) is 0 Å². The van der Waals surface area contributed by atoms with Gasteiger partial charge in [-0.25, -0.2) is 12.7 Å². The molecule has 5 heteroatoms. The summed E-state index contributed by atoms with van der Waals surface area (Å²) in [7, 11) is -3.08. The first kappa shape index (κ1) is 11.3. The quantitative estimate of drug-likeness (QED) is 0.679. The Morgan fingerprint density at radius 2 is 2.08 bits per heavy atom. The Hall–Kier alpha value is 0.200. The van der Waals surface area contributed by atoms with E-state index < -0.39 is 10.0 Å². The van der Waals surface area contributed by atoms with Crippen LogP contribution in [0.1, 0.15) is 20.3 Å². The molecule has 0 amide bonds. The molecule has 1 saturated heterocycles. The second-order valence-electron chi connectivity index (χ2n) is 4.25. The van der Waals surface area contributed by atoms with Gasteiger partial charge in [-0.3, -0.25) is 0 Å². The maximum atomic E-state index is 11.6. The molecule has 0 saturated carbocycles. The Kier molecular flexibility index (Phi) is 3.25. The molecule has 0 unspecified atom stereocenters. The lowest BCUT2D eigenvalue weighted by atomic mass is 9.93. The molecule has 0 spiro atoms. The van der Waals surface area contributed by atoms with E-state index in [0.717, 1.165) is 6.42 Å². The fourth-order valence-corrected chi connectivity index (χ4v) is 3.48. The second kappa shape index (κ2) is 3.75. The number of hydrogen-bond acceptors (Lipinski definition) is 2. The predicted octanol–water partition coefficient (Wildman–Crippen LogP) is 1.29. The monoisotopic (exact) mass is 225 g/mol. The van der Waals surface area contributed by atoms with Crippen LogP contribution in [0, 0.1) is 5.41 Å². The third-order valence-electron chi connectivity index (χ3n) is 2.37. The van der Waals surface area contributed by atoms with E-state index in [0.29, 0.717) is 13.1 Å². The van der Waals surface area contributed by atoms with E-state index in [4.69, 9.17) is 11.6 Å². The van der Waals surface area contributed by atoms with Crippen molar-refractivity contribution >= 4 is 21.6 Å². The summed E-state index contributed by atoms with van der Waals surface area (Å²) in [6.07, 6.45) is 0.939. The van der Waals surface area contributed by atoms with E-state index in [1.807, 2.05) is 0 Å². The van der Waals surface area contributed by atoms with Crippen molar-refractivity contribution in [1.82, 2.24) is 4.31 Å². The van der Waals surface area contributed by atoms with Crippen molar-refractivity contribution in [2.24, 2.45) is 5.41 Å². The molecule has 1 aliphatic rings. The number of alkyl halides is 1. The minimum absolute atomic E-state index is 0.0602. The Morgan fingerprint density at radius 1 is 1.46 bits per heavy atom. The number of sulfonamides is 1. The molecule has 3 nitrogen and oxygen atoms in total. The maximum absolute atomic E-state index is 11.6. The van der Waals surface area contributed by atoms with Crippen LogP contribution in [0.5, 0.6) is 0 Å². The van der Waals surface area contributed by atoms with Gasteiger partial charge in [0.05, 0.1) is 5.75 Å². The molecule has 0 atom stereocenters. The first-order valence-electron chi connectivity index (χ1n) is 4.41. The molecule has 0 aromatic carbocycles. The molecule has 0 radical (unpaired) electrons. The third kappa shape index (κ3) is 2.82. The summed E-state index contributed by atoms with van der Waals surface area (Å²) in [5.74, 6) is 0.240. The van der Waals surface area contributed by atoms with Crippen molar-refractivity contribution in [2.75, 3.05) is 24.7 Å². The van der Waals surface area contributed by atoms with Crippen molar-refractivity contribution in [3.05, 3.63) is 0 Å². The number of halogens is 1. The van der Waals surface area contributed by atoms with Crippen LogP contribution in [0.2, 0.25) is 0 Å². The van der Waals surface area contributed by atoms with Crippen molar-refractivity contribution in [2.45, 2.75) is 20.3 Å². The summed E-state index contributed by atoms with van der Waals surface area (Å²) >= 11 is 5.43. The van der Waals surface area contributed by atoms with Crippen molar-refractivity contribution in [1.29, 1.82) is 0 Å². The van der Waals surface area contributed by atoms with Gasteiger partial charge in [-0.2, -0.15) is 0 Å². The summed E-state index contributed by atoms with van der Waals surface area (Å²) < 4.78 is 24.7. The van der Waals surface area contributed by atoms with Crippen LogP contribution in [0.3, 0.4) is 0 Å². The minimum Gasteiger partial charge on any atom is -0.212 e. The van der Waals surface area contributed by atoms with Crippen LogP contribution in [0.4, 0.5) is 0 Å². The van der Waals surface area contributed by atoms with Crippen molar-refractivity contribution < 1.29 is 8.42 Å². The van der Waals surface area contributed by atoms with Gasteiger partial charge < -0.3 is 0 Å². The van der Waals surface area contributed by atoms with Gasteiger partial charge in [-0.15, -0.1) is 11.6 Å². The van der Waals surface area contributed by atoms with E-state index in [2.05, 4.69) is 13.8 Å². The molecule has 0 aromatic rings. The normalized spacial score (nSPS) is 23.6. The third-order valence-corrected chi connectivity index (χ3v) is 4.60. The molecule has 1 heterocycles. The molecule has 0 bridgehead atoms. The summed E-state index contributed by atoms with van der Waals surface area (Å²) in [5, 5.41) is 0. The second-order valence-corrected chi connectivity index (χ2v) is 6.72. The average Bonchev–Trinajstić information content (AvgIpc) is 2.30. The van der Waals surface area contributed by atoms with E-state index in [1.54, 1.807) is 4.31 Å². The average molecular weight is 226 g/mol. The molecule has 0 aromatic heterocycles. The molecular formula is C8H16ClNO2S. The van der Waals surface area contributed by atoms with Gasteiger partial charge in [-0.1, -0.05) is 13.8 Å². The van der Waals surface area contributed by atoms with Crippen LogP contribution < -0.4 is 0 Å². The summed E-state index contributed by atoms with van der Waals surface area (Å²) in [6.45, 7) is 5.45. The van der Waals surface area contributed by atoms with Crippen molar-refractivity contribution in [3.63, 3.8) is 0 Å². The maximum Gasteiger partial charge on any atom is 0.215 e. The largest absolute Gasteiger partial charge is 0.215 e. The van der Waals surface area contributed by atoms with Crippen LogP contribution in [0.25, 0.3) is 0 Å². The van der Waals surface area contributed by atoms with E-state index in [1.165, 1.54) is 0 Å². The Balaban J connectivity index is 2.66. The first-order chi connectivity index (χ1) is 5.87. The summed E-state index contributed by atoms with van der Waals surface area (Å²) in [5.41, 5.74) is 0.124. The summed E-state index contributed by atoms with van der Waals surface area (Å²) in [6, 6.07) is 0. The smallest absolute Gasteiger partial charge is 0.212 e. The first-order valence-corrected chi connectivity index (χ1v) is 6.56. The van der Waals surface area contributed by atoms with Gasteiger partial charge in [0.1, 0.15) is 0 Å². The molecule has 1 fully saturated rings. The highest BCUT2D eigenvalue weighted by molar-refractivity contribution is 7.89. The zero-order valence-corrected chi connectivity index (χ0v) is 9.66. The molecule has 1 rings (SSSR count). The number of rotatable bonds is 3. The molecular weight excluding hydrogens is 210 g/mol. The number of nitrogens with zero attached hydrogens (tertiary/aromatic N) is 1. The van der Waals surface area contributed by atoms with Crippen LogP contribution >= 0.6 is 11.6 Å². The molecule has 0 aliphatic carbocycles. The van der Waals surface area contributed by atoms with Crippen LogP contribution in [-0.4, -0.2) is 37.4 Å². The SMILES string of the molecule is CC1(C)CCN(S(=O)(=O)CCCl)C1. The van der Waals surface area contributed by atoms with Gasteiger partial charge in [-0.05, 0) is 11.8 Å². The highest BCUT2D eigenvalue weighted by Crippen LogP contribution is 2.30. The highest BCUT2D eigenvalue weighted by atomic mass is 35.5. The summed E-state index contributed by atoms with van der Waals surface area (Å²) in [4.78, 5) is 0. The van der Waals surface area contributed by atoms with E-state index in [-0.39, 0.29) is 17.0 Å².